The van der Waals surface area contributed by atoms with E-state index < -0.39 is 0 Å². The van der Waals surface area contributed by atoms with E-state index >= 15 is 0 Å². The van der Waals surface area contributed by atoms with E-state index in [2.05, 4.69) is 46.7 Å². The van der Waals surface area contributed by atoms with Gasteiger partial charge in [0.05, 0.1) is 11.4 Å². The average molecular weight is 433 g/mol. The quantitative estimate of drug-likeness (QED) is 0.620. The Morgan fingerprint density at radius 1 is 1.16 bits per heavy atom. The zero-order chi connectivity index (χ0) is 22.4. The van der Waals surface area contributed by atoms with Crippen molar-refractivity contribution in [2.75, 3.05) is 14.1 Å². The number of carbonyl (C=O) groups is 1. The highest BCUT2D eigenvalue weighted by Crippen LogP contribution is 2.36. The van der Waals surface area contributed by atoms with Crippen LogP contribution in [0, 0.1) is 6.92 Å². The van der Waals surface area contributed by atoms with Gasteiger partial charge in [0.15, 0.2) is 0 Å². The maximum absolute atomic E-state index is 13.1. The standard InChI is InChI=1S/C25H32N6O/c1-5-29-14-19(17(2)27-29)15-30-20-11-12-21(30)16-31-22(13-20)23(25(32)28(3)4)26-24(31)18-9-7-6-8-10-18/h6-10,14,20-21H,5,11-13,15-16H2,1-4H3/t20-,21+/m0/s1. The van der Waals surface area contributed by atoms with Gasteiger partial charge in [-0.3, -0.25) is 14.4 Å². The SMILES string of the molecule is CCn1cc(CN2[C@@H]3CC[C@H]2Cc2c(C(=O)N(C)C)nc(-c4ccccc4)n2C3)c(C)n1. The molecule has 0 N–H and O–H groups in total. The summed E-state index contributed by atoms with van der Waals surface area (Å²) < 4.78 is 4.35. The lowest BCUT2D eigenvalue weighted by Crippen LogP contribution is -2.36. The number of aromatic nitrogens is 4. The maximum atomic E-state index is 13.1. The molecule has 2 aliphatic heterocycles. The molecule has 168 valence electrons. The van der Waals surface area contributed by atoms with Crippen LogP contribution >= 0.6 is 0 Å². The van der Waals surface area contributed by atoms with Gasteiger partial charge >= 0.3 is 0 Å². The second kappa shape index (κ2) is 8.20. The molecule has 0 aliphatic carbocycles. The zero-order valence-electron chi connectivity index (χ0n) is 19.5. The van der Waals surface area contributed by atoms with Gasteiger partial charge in [-0.2, -0.15) is 5.10 Å². The zero-order valence-corrected chi connectivity index (χ0v) is 19.5. The highest BCUT2D eigenvalue weighted by molar-refractivity contribution is 5.94. The largest absolute Gasteiger partial charge is 0.343 e. The Morgan fingerprint density at radius 3 is 2.59 bits per heavy atom. The predicted molar refractivity (Wildman–Crippen MR) is 124 cm³/mol. The molecule has 7 heteroatoms. The monoisotopic (exact) mass is 432 g/mol. The van der Waals surface area contributed by atoms with Crippen molar-refractivity contribution < 1.29 is 4.79 Å². The van der Waals surface area contributed by atoms with Crippen LogP contribution in [0.4, 0.5) is 0 Å². The van der Waals surface area contributed by atoms with Crippen molar-refractivity contribution in [1.29, 1.82) is 0 Å². The van der Waals surface area contributed by atoms with E-state index in [1.54, 1.807) is 19.0 Å². The van der Waals surface area contributed by atoms with Crippen molar-refractivity contribution in [3.63, 3.8) is 0 Å². The van der Waals surface area contributed by atoms with Crippen molar-refractivity contribution in [3.05, 3.63) is 59.2 Å². The second-order valence-electron chi connectivity index (χ2n) is 9.26. The van der Waals surface area contributed by atoms with Gasteiger partial charge in [0.2, 0.25) is 0 Å². The third-order valence-electron chi connectivity index (χ3n) is 7.03. The molecule has 4 heterocycles. The first kappa shape index (κ1) is 20.9. The Labute approximate surface area is 189 Å². The fraction of sp³-hybridized carbons (Fsp3) is 0.480. The summed E-state index contributed by atoms with van der Waals surface area (Å²) in [4.78, 5) is 22.2. The first-order valence-corrected chi connectivity index (χ1v) is 11.6. The molecular weight excluding hydrogens is 400 g/mol. The maximum Gasteiger partial charge on any atom is 0.273 e. The first-order valence-electron chi connectivity index (χ1n) is 11.6. The Kier molecular flexibility index (Phi) is 5.37. The minimum Gasteiger partial charge on any atom is -0.343 e. The summed E-state index contributed by atoms with van der Waals surface area (Å²) in [5, 5.41) is 4.65. The smallest absolute Gasteiger partial charge is 0.273 e. The van der Waals surface area contributed by atoms with Crippen molar-refractivity contribution in [3.8, 4) is 11.4 Å². The third kappa shape index (κ3) is 3.54. The van der Waals surface area contributed by atoms with E-state index in [9.17, 15) is 4.79 Å². The molecular formula is C25H32N6O. The molecule has 2 aromatic heterocycles. The van der Waals surface area contributed by atoms with E-state index in [1.807, 2.05) is 22.9 Å². The fourth-order valence-corrected chi connectivity index (χ4v) is 5.28. The molecule has 2 aliphatic rings. The van der Waals surface area contributed by atoms with Crippen LogP contribution in [0.2, 0.25) is 0 Å². The van der Waals surface area contributed by atoms with Crippen LogP contribution in [0.3, 0.4) is 0 Å². The second-order valence-corrected chi connectivity index (χ2v) is 9.26. The molecule has 1 amide bonds. The van der Waals surface area contributed by atoms with Gasteiger partial charge < -0.3 is 9.47 Å². The number of carbonyl (C=O) groups excluding carboxylic acids is 1. The summed E-state index contributed by atoms with van der Waals surface area (Å²) in [5.41, 5.74) is 5.18. The van der Waals surface area contributed by atoms with Crippen LogP contribution in [0.1, 0.15) is 47.2 Å². The Bertz CT molecular complexity index is 1130. The van der Waals surface area contributed by atoms with E-state index in [4.69, 9.17) is 4.98 Å². The van der Waals surface area contributed by atoms with Gasteiger partial charge in [-0.1, -0.05) is 30.3 Å². The summed E-state index contributed by atoms with van der Waals surface area (Å²) in [6.07, 6.45) is 5.38. The predicted octanol–water partition coefficient (Wildman–Crippen LogP) is 3.37. The highest BCUT2D eigenvalue weighted by Gasteiger charge is 2.40. The van der Waals surface area contributed by atoms with Crippen LogP contribution in [0.5, 0.6) is 0 Å². The minimum absolute atomic E-state index is 0.0136. The molecule has 2 bridgehead atoms. The molecule has 1 aromatic carbocycles. The van der Waals surface area contributed by atoms with Gasteiger partial charge in [0, 0.05) is 69.6 Å². The molecule has 0 radical (unpaired) electrons. The average Bonchev–Trinajstić information content (AvgIpc) is 3.41. The number of nitrogens with zero attached hydrogens (tertiary/aromatic N) is 6. The summed E-state index contributed by atoms with van der Waals surface area (Å²) in [6.45, 7) is 6.90. The van der Waals surface area contributed by atoms with Gasteiger partial charge in [-0.05, 0) is 26.7 Å². The lowest BCUT2D eigenvalue weighted by molar-refractivity contribution is 0.0821. The third-order valence-corrected chi connectivity index (χ3v) is 7.03. The van der Waals surface area contributed by atoms with Crippen LogP contribution in [0.15, 0.2) is 36.5 Å². The van der Waals surface area contributed by atoms with Gasteiger partial charge in [0.1, 0.15) is 11.5 Å². The summed E-state index contributed by atoms with van der Waals surface area (Å²) in [7, 11) is 3.61. The molecule has 2 atom stereocenters. The number of amides is 1. The number of hydrogen-bond donors (Lipinski definition) is 0. The van der Waals surface area contributed by atoms with Crippen LogP contribution in [-0.4, -0.2) is 61.2 Å². The number of rotatable bonds is 5. The molecule has 32 heavy (non-hydrogen) atoms. The van der Waals surface area contributed by atoms with Crippen LogP contribution in [0.25, 0.3) is 11.4 Å². The van der Waals surface area contributed by atoms with Crippen molar-refractivity contribution in [2.24, 2.45) is 0 Å². The van der Waals surface area contributed by atoms with Crippen LogP contribution in [-0.2, 0) is 26.1 Å². The van der Waals surface area contributed by atoms with Crippen LogP contribution < -0.4 is 0 Å². The molecule has 5 rings (SSSR count). The van der Waals surface area contributed by atoms with Crippen molar-refractivity contribution in [1.82, 2.24) is 29.1 Å². The molecule has 7 nitrogen and oxygen atoms in total. The van der Waals surface area contributed by atoms with E-state index in [0.717, 1.165) is 55.3 Å². The Hall–Kier alpha value is -2.93. The highest BCUT2D eigenvalue weighted by atomic mass is 16.2. The van der Waals surface area contributed by atoms with E-state index in [-0.39, 0.29) is 5.91 Å². The Morgan fingerprint density at radius 2 is 1.91 bits per heavy atom. The fourth-order valence-electron chi connectivity index (χ4n) is 5.28. The number of imidazole rings is 1. The first-order chi connectivity index (χ1) is 15.5. The van der Waals surface area contributed by atoms with E-state index in [1.165, 1.54) is 12.0 Å². The van der Waals surface area contributed by atoms with Crippen molar-refractivity contribution in [2.45, 2.75) is 64.8 Å². The van der Waals surface area contributed by atoms with E-state index in [0.29, 0.717) is 17.8 Å². The molecule has 1 fully saturated rings. The Balaban J connectivity index is 1.54. The minimum atomic E-state index is -0.0136. The molecule has 0 unspecified atom stereocenters. The number of fused-ring (bicyclic) bond motifs is 3. The molecule has 0 spiro atoms. The molecule has 3 aromatic rings. The lowest BCUT2D eigenvalue weighted by atomic mass is 10.0. The topological polar surface area (TPSA) is 59.2 Å². The lowest BCUT2D eigenvalue weighted by Gasteiger charge is -2.27. The normalized spacial score (nSPS) is 20.2. The molecule has 1 saturated heterocycles. The number of benzene rings is 1. The molecule has 0 saturated carbocycles. The van der Waals surface area contributed by atoms with Crippen molar-refractivity contribution >= 4 is 5.91 Å². The van der Waals surface area contributed by atoms with Gasteiger partial charge in [-0.15, -0.1) is 0 Å². The summed E-state index contributed by atoms with van der Waals surface area (Å²) in [6, 6.07) is 11.1. The summed E-state index contributed by atoms with van der Waals surface area (Å²) in [5.74, 6) is 0.897. The summed E-state index contributed by atoms with van der Waals surface area (Å²) >= 11 is 0. The van der Waals surface area contributed by atoms with Gasteiger partial charge in [-0.25, -0.2) is 4.98 Å². The van der Waals surface area contributed by atoms with Gasteiger partial charge in [0.25, 0.3) is 5.91 Å². The number of hydrogen-bond acceptors (Lipinski definition) is 4. The number of aryl methyl sites for hydroxylation is 2.